The van der Waals surface area contributed by atoms with Crippen molar-refractivity contribution >= 4 is 6.29 Å². The van der Waals surface area contributed by atoms with Gasteiger partial charge in [-0.1, -0.05) is 20.8 Å². The number of aromatic nitrogens is 2. The van der Waals surface area contributed by atoms with Crippen LogP contribution < -0.4 is 0 Å². The second-order valence-corrected chi connectivity index (χ2v) is 3.70. The van der Waals surface area contributed by atoms with Crippen LogP contribution in [0.15, 0.2) is 12.4 Å². The van der Waals surface area contributed by atoms with E-state index in [9.17, 15) is 4.79 Å². The standard InChI is InChI=1S/C9H12N2O/c1-9(2,3)7-4-10-8(6-12)11-5-7/h4-6H,1-3H3. The van der Waals surface area contributed by atoms with Crippen molar-refractivity contribution in [2.45, 2.75) is 26.2 Å². The molecule has 1 aromatic rings. The molecule has 0 saturated heterocycles. The predicted octanol–water partition coefficient (Wildman–Crippen LogP) is 1.59. The van der Waals surface area contributed by atoms with Gasteiger partial charge in [0, 0.05) is 12.4 Å². The zero-order valence-corrected chi connectivity index (χ0v) is 7.53. The van der Waals surface area contributed by atoms with Gasteiger partial charge >= 0.3 is 0 Å². The maximum Gasteiger partial charge on any atom is 0.192 e. The molecule has 0 atom stereocenters. The number of rotatable bonds is 1. The molecular formula is C9H12N2O. The summed E-state index contributed by atoms with van der Waals surface area (Å²) in [5.41, 5.74) is 1.08. The Morgan fingerprint density at radius 2 is 1.75 bits per heavy atom. The number of nitrogens with zero attached hydrogens (tertiary/aromatic N) is 2. The van der Waals surface area contributed by atoms with Crippen molar-refractivity contribution in [3.05, 3.63) is 23.8 Å². The van der Waals surface area contributed by atoms with Crippen LogP contribution in [0.25, 0.3) is 0 Å². The quantitative estimate of drug-likeness (QED) is 0.592. The zero-order valence-electron chi connectivity index (χ0n) is 7.53. The third kappa shape index (κ3) is 1.87. The van der Waals surface area contributed by atoms with E-state index < -0.39 is 0 Å². The molecule has 0 unspecified atom stereocenters. The fourth-order valence-electron chi connectivity index (χ4n) is 0.786. The second-order valence-electron chi connectivity index (χ2n) is 3.70. The molecule has 1 aromatic heterocycles. The van der Waals surface area contributed by atoms with Crippen LogP contribution in [0.5, 0.6) is 0 Å². The van der Waals surface area contributed by atoms with E-state index in [-0.39, 0.29) is 11.2 Å². The van der Waals surface area contributed by atoms with E-state index in [0.29, 0.717) is 6.29 Å². The highest BCUT2D eigenvalue weighted by Crippen LogP contribution is 2.19. The largest absolute Gasteiger partial charge is 0.294 e. The summed E-state index contributed by atoms with van der Waals surface area (Å²) in [6, 6.07) is 0. The van der Waals surface area contributed by atoms with Gasteiger partial charge in [0.25, 0.3) is 0 Å². The smallest absolute Gasteiger partial charge is 0.192 e. The summed E-state index contributed by atoms with van der Waals surface area (Å²) in [7, 11) is 0. The molecule has 0 aliphatic heterocycles. The Balaban J connectivity index is 3.00. The van der Waals surface area contributed by atoms with Gasteiger partial charge in [0.05, 0.1) is 0 Å². The minimum atomic E-state index is 0.0431. The zero-order chi connectivity index (χ0) is 9.19. The van der Waals surface area contributed by atoms with Gasteiger partial charge in [-0.25, -0.2) is 9.97 Å². The highest BCUT2D eigenvalue weighted by Gasteiger charge is 2.13. The summed E-state index contributed by atoms with van der Waals surface area (Å²) < 4.78 is 0. The second kappa shape index (κ2) is 3.01. The third-order valence-electron chi connectivity index (χ3n) is 1.64. The van der Waals surface area contributed by atoms with Crippen molar-refractivity contribution in [1.82, 2.24) is 9.97 Å². The Kier molecular flexibility index (Phi) is 2.22. The van der Waals surface area contributed by atoms with Crippen LogP contribution in [0.1, 0.15) is 37.0 Å². The highest BCUT2D eigenvalue weighted by molar-refractivity contribution is 5.68. The Morgan fingerprint density at radius 3 is 2.08 bits per heavy atom. The molecule has 0 aliphatic rings. The van der Waals surface area contributed by atoms with E-state index in [2.05, 4.69) is 30.7 Å². The van der Waals surface area contributed by atoms with Crippen LogP contribution in [0.4, 0.5) is 0 Å². The van der Waals surface area contributed by atoms with Crippen LogP contribution in [-0.2, 0) is 5.41 Å². The normalized spacial score (nSPS) is 11.2. The predicted molar refractivity (Wildman–Crippen MR) is 46.1 cm³/mol. The molecule has 0 N–H and O–H groups in total. The number of aldehydes is 1. The molecule has 0 aliphatic carbocycles. The van der Waals surface area contributed by atoms with Crippen LogP contribution in [0.3, 0.4) is 0 Å². The molecule has 0 aromatic carbocycles. The van der Waals surface area contributed by atoms with E-state index in [1.165, 1.54) is 0 Å². The van der Waals surface area contributed by atoms with Crippen LogP contribution >= 0.6 is 0 Å². The molecule has 64 valence electrons. The summed E-state index contributed by atoms with van der Waals surface area (Å²) in [4.78, 5) is 18.0. The van der Waals surface area contributed by atoms with Gasteiger partial charge in [-0.2, -0.15) is 0 Å². The van der Waals surface area contributed by atoms with E-state index in [1.54, 1.807) is 12.4 Å². The highest BCUT2D eigenvalue weighted by atomic mass is 16.1. The first kappa shape index (κ1) is 8.84. The van der Waals surface area contributed by atoms with Crippen molar-refractivity contribution in [2.24, 2.45) is 0 Å². The first-order valence-electron chi connectivity index (χ1n) is 3.82. The van der Waals surface area contributed by atoms with Gasteiger partial charge in [0.2, 0.25) is 0 Å². The summed E-state index contributed by atoms with van der Waals surface area (Å²) in [6.45, 7) is 6.23. The van der Waals surface area contributed by atoms with E-state index >= 15 is 0 Å². The Labute approximate surface area is 71.9 Å². The van der Waals surface area contributed by atoms with E-state index in [4.69, 9.17) is 0 Å². The molecule has 0 amide bonds. The Bertz CT molecular complexity index is 272. The van der Waals surface area contributed by atoms with Crippen LogP contribution in [0.2, 0.25) is 0 Å². The SMILES string of the molecule is CC(C)(C)c1cnc(C=O)nc1. The lowest BCUT2D eigenvalue weighted by Gasteiger charge is -2.17. The minimum Gasteiger partial charge on any atom is -0.294 e. The average molecular weight is 164 g/mol. The van der Waals surface area contributed by atoms with E-state index in [1.807, 2.05) is 0 Å². The molecule has 0 radical (unpaired) electrons. The molecule has 3 nitrogen and oxygen atoms in total. The summed E-state index contributed by atoms with van der Waals surface area (Å²) in [5, 5.41) is 0. The number of carbonyl (C=O) groups excluding carboxylic acids is 1. The van der Waals surface area contributed by atoms with Crippen molar-refractivity contribution in [3.8, 4) is 0 Å². The van der Waals surface area contributed by atoms with Gasteiger partial charge in [-0.3, -0.25) is 4.79 Å². The lowest BCUT2D eigenvalue weighted by Crippen LogP contribution is -2.12. The fourth-order valence-corrected chi connectivity index (χ4v) is 0.786. The van der Waals surface area contributed by atoms with Crippen LogP contribution in [0, 0.1) is 0 Å². The van der Waals surface area contributed by atoms with Crippen LogP contribution in [-0.4, -0.2) is 16.3 Å². The van der Waals surface area contributed by atoms with Crippen molar-refractivity contribution in [1.29, 1.82) is 0 Å². The molecule has 1 heterocycles. The van der Waals surface area contributed by atoms with Gasteiger partial charge < -0.3 is 0 Å². The first-order valence-corrected chi connectivity index (χ1v) is 3.82. The first-order chi connectivity index (χ1) is 5.54. The molecule has 12 heavy (non-hydrogen) atoms. The molecule has 0 fully saturated rings. The van der Waals surface area contributed by atoms with Crippen molar-refractivity contribution in [3.63, 3.8) is 0 Å². The fraction of sp³-hybridized carbons (Fsp3) is 0.444. The maximum absolute atomic E-state index is 10.2. The third-order valence-corrected chi connectivity index (χ3v) is 1.64. The van der Waals surface area contributed by atoms with E-state index in [0.717, 1.165) is 5.56 Å². The lowest BCUT2D eigenvalue weighted by atomic mass is 9.89. The summed E-state index contributed by atoms with van der Waals surface area (Å²) in [5.74, 6) is 0.239. The minimum absolute atomic E-state index is 0.0431. The number of carbonyl (C=O) groups is 1. The molecule has 0 bridgehead atoms. The molecule has 0 spiro atoms. The molecular weight excluding hydrogens is 152 g/mol. The van der Waals surface area contributed by atoms with Gasteiger partial charge in [0.1, 0.15) is 0 Å². The Hall–Kier alpha value is -1.25. The molecule has 1 rings (SSSR count). The monoisotopic (exact) mass is 164 g/mol. The molecule has 0 saturated carbocycles. The number of hydrogen-bond acceptors (Lipinski definition) is 3. The van der Waals surface area contributed by atoms with Gasteiger partial charge in [0.15, 0.2) is 12.1 Å². The molecule has 3 heteroatoms. The Morgan fingerprint density at radius 1 is 1.25 bits per heavy atom. The summed E-state index contributed by atoms with van der Waals surface area (Å²) >= 11 is 0. The van der Waals surface area contributed by atoms with Gasteiger partial charge in [-0.05, 0) is 11.0 Å². The number of hydrogen-bond donors (Lipinski definition) is 0. The van der Waals surface area contributed by atoms with Gasteiger partial charge in [-0.15, -0.1) is 0 Å². The topological polar surface area (TPSA) is 42.9 Å². The lowest BCUT2D eigenvalue weighted by molar-refractivity contribution is 0.111. The maximum atomic E-state index is 10.2. The van der Waals surface area contributed by atoms with Crippen molar-refractivity contribution < 1.29 is 4.79 Å². The van der Waals surface area contributed by atoms with Crippen molar-refractivity contribution in [2.75, 3.05) is 0 Å². The average Bonchev–Trinajstić information content (AvgIpc) is 2.03. The summed E-state index contributed by atoms with van der Waals surface area (Å²) in [6.07, 6.45) is 4.03.